The number of aliphatic hydroxyl groups is 1. The first-order valence-electron chi connectivity index (χ1n) is 18.5. The fourth-order valence-electron chi connectivity index (χ4n) is 8.51. The van der Waals surface area contributed by atoms with Crippen LogP contribution in [0, 0.1) is 17.8 Å². The first kappa shape index (κ1) is 39.5. The molecule has 0 saturated carbocycles. The summed E-state index contributed by atoms with van der Waals surface area (Å²) in [6.45, 7) is -0.738. The summed E-state index contributed by atoms with van der Waals surface area (Å²) in [5, 5.41) is 12.3. The van der Waals surface area contributed by atoms with Gasteiger partial charge in [-0.2, -0.15) is 0 Å². The molecule has 3 aliphatic heterocycles. The number of ether oxygens (including phenoxy) is 4. The van der Waals surface area contributed by atoms with E-state index in [0.29, 0.717) is 22.3 Å². The minimum atomic E-state index is -2.13. The van der Waals surface area contributed by atoms with Gasteiger partial charge in [0.2, 0.25) is 11.8 Å². The molecule has 3 aliphatic rings. The molecule has 0 unspecified atom stereocenters. The van der Waals surface area contributed by atoms with Crippen molar-refractivity contribution in [2.75, 3.05) is 45.0 Å². The molecule has 0 aliphatic carbocycles. The average molecular weight is 788 g/mol. The average Bonchev–Trinajstić information content (AvgIpc) is 3.68. The first-order chi connectivity index (χ1) is 28.1. The lowest BCUT2D eigenvalue weighted by Gasteiger charge is -2.46. The highest BCUT2D eigenvalue weighted by molar-refractivity contribution is 6.23. The summed E-state index contributed by atoms with van der Waals surface area (Å²) >= 11 is 0. The van der Waals surface area contributed by atoms with Gasteiger partial charge in [-0.1, -0.05) is 90.7 Å². The number of hydrogen-bond donors (Lipinski definition) is 4. The number of fused-ring (bicyclic) bond motifs is 3. The molecule has 0 aromatic heterocycles. The number of para-hydroxylation sites is 1. The number of amides is 5. The largest absolute Gasteiger partial charge is 0.491 e. The number of nitrogens with zero attached hydrogens (tertiary/aromatic N) is 2. The third-order valence-corrected chi connectivity index (χ3v) is 10.6. The van der Waals surface area contributed by atoms with Gasteiger partial charge in [-0.3, -0.25) is 19.3 Å². The van der Waals surface area contributed by atoms with E-state index in [1.165, 1.54) is 13.2 Å². The molecule has 0 radical (unpaired) electrons. The maximum atomic E-state index is 15.8. The molecule has 2 fully saturated rings. The number of methoxy groups -OCH3 is 1. The zero-order chi connectivity index (χ0) is 41.0. The van der Waals surface area contributed by atoms with Crippen LogP contribution in [0.5, 0.6) is 5.75 Å². The molecule has 6 atom stereocenters. The molecule has 58 heavy (non-hydrogen) atoms. The van der Waals surface area contributed by atoms with Crippen molar-refractivity contribution in [2.24, 2.45) is 17.4 Å². The maximum Gasteiger partial charge on any atom is 0.421 e. The van der Waals surface area contributed by atoms with Gasteiger partial charge in [0.15, 0.2) is 0 Å². The van der Waals surface area contributed by atoms with Crippen molar-refractivity contribution in [3.63, 3.8) is 0 Å². The number of hydrogen-bond acceptors (Lipinski definition) is 11. The highest BCUT2D eigenvalue weighted by Gasteiger charge is 2.75. The van der Waals surface area contributed by atoms with Gasteiger partial charge in [0.05, 0.1) is 43.4 Å². The Hall–Kier alpha value is -6.73. The molecule has 4 aromatic rings. The molecule has 3 heterocycles. The van der Waals surface area contributed by atoms with Crippen LogP contribution in [0.2, 0.25) is 0 Å². The number of aliphatic hydroxyl groups excluding tert-OH is 1. The Kier molecular flexibility index (Phi) is 11.4. The Bertz CT molecular complexity index is 2280. The van der Waals surface area contributed by atoms with E-state index in [1.807, 2.05) is 60.7 Å². The number of urea groups is 1. The van der Waals surface area contributed by atoms with Gasteiger partial charge in [0.1, 0.15) is 36.5 Å². The summed E-state index contributed by atoms with van der Waals surface area (Å²) in [4.78, 5) is 73.0. The standard InChI is InChI=1S/C43H41N5O10/c1-55-23-24-57-42(54)47-31-19-18-26(11-10-20-46-41(45)53)25-30(31)43(40(47)52)33(38(44)50)35-39(51)58-36(28-14-6-3-7-15-28)34(27-12-4-2-5-13-27)48(35)37(43)29-16-8-9-17-32(29)56-22-21-49/h2-9,12-19,25,33-37,49H,20-24H2,1H3,(H2,44,50)(H3,45,46,53)/t33-,34-,35-,36+,37+,43-/m0/s1. The molecule has 2 saturated heterocycles. The second-order valence-electron chi connectivity index (χ2n) is 13.8. The second kappa shape index (κ2) is 16.8. The Balaban J connectivity index is 1.57. The van der Waals surface area contributed by atoms with Crippen molar-refractivity contribution in [3.8, 4) is 17.6 Å². The number of esters is 1. The van der Waals surface area contributed by atoms with Gasteiger partial charge in [-0.25, -0.2) is 14.5 Å². The summed E-state index contributed by atoms with van der Waals surface area (Å²) in [5.74, 6) is 1.65. The Morgan fingerprint density at radius 2 is 1.57 bits per heavy atom. The van der Waals surface area contributed by atoms with Crippen LogP contribution in [0.25, 0.3) is 0 Å². The lowest BCUT2D eigenvalue weighted by molar-refractivity contribution is -0.178. The van der Waals surface area contributed by atoms with Gasteiger partial charge in [0.25, 0.3) is 0 Å². The van der Waals surface area contributed by atoms with E-state index >= 15 is 4.79 Å². The normalized spacial score (nSPS) is 23.3. The van der Waals surface area contributed by atoms with Crippen LogP contribution in [0.15, 0.2) is 103 Å². The van der Waals surface area contributed by atoms with Crippen LogP contribution in [0.1, 0.15) is 46.0 Å². The summed E-state index contributed by atoms with van der Waals surface area (Å²) in [5.41, 5.74) is 11.8. The number of primary amides is 2. The number of nitrogens with one attached hydrogen (secondary N) is 1. The van der Waals surface area contributed by atoms with E-state index in [9.17, 15) is 24.3 Å². The van der Waals surface area contributed by atoms with Gasteiger partial charge in [-0.15, -0.1) is 0 Å². The Morgan fingerprint density at radius 1 is 0.879 bits per heavy atom. The highest BCUT2D eigenvalue weighted by Crippen LogP contribution is 2.66. The van der Waals surface area contributed by atoms with Gasteiger partial charge in [0, 0.05) is 18.2 Å². The molecule has 5 amide bonds. The zero-order valence-corrected chi connectivity index (χ0v) is 31.4. The molecule has 7 rings (SSSR count). The van der Waals surface area contributed by atoms with Crippen molar-refractivity contribution in [2.45, 2.75) is 29.6 Å². The number of rotatable bonds is 11. The van der Waals surface area contributed by atoms with Crippen LogP contribution in [0.4, 0.5) is 15.3 Å². The molecule has 298 valence electrons. The summed E-state index contributed by atoms with van der Waals surface area (Å²) in [6, 6.07) is 25.4. The topological polar surface area (TPSA) is 213 Å². The van der Waals surface area contributed by atoms with E-state index < -0.39 is 65.5 Å². The second-order valence-corrected chi connectivity index (χ2v) is 13.8. The lowest BCUT2D eigenvalue weighted by atomic mass is 9.65. The molecule has 0 bridgehead atoms. The van der Waals surface area contributed by atoms with Crippen LogP contribution in [-0.2, 0) is 34.0 Å². The molecule has 15 heteroatoms. The maximum absolute atomic E-state index is 15.8. The van der Waals surface area contributed by atoms with Crippen molar-refractivity contribution >= 4 is 35.6 Å². The summed E-state index contributed by atoms with van der Waals surface area (Å²) < 4.78 is 23.1. The predicted molar refractivity (Wildman–Crippen MR) is 208 cm³/mol. The summed E-state index contributed by atoms with van der Waals surface area (Å²) in [6.07, 6.45) is -2.00. The van der Waals surface area contributed by atoms with Crippen LogP contribution in [-0.4, -0.2) is 86.0 Å². The van der Waals surface area contributed by atoms with Crippen molar-refractivity contribution < 1.29 is 48.0 Å². The molecule has 4 aromatic carbocycles. The molecule has 1 spiro atoms. The van der Waals surface area contributed by atoms with Crippen LogP contribution in [0.3, 0.4) is 0 Å². The fourth-order valence-corrected chi connectivity index (χ4v) is 8.51. The van der Waals surface area contributed by atoms with E-state index in [1.54, 1.807) is 41.3 Å². The number of imide groups is 1. The third-order valence-electron chi connectivity index (χ3n) is 10.6. The zero-order valence-electron chi connectivity index (χ0n) is 31.4. The van der Waals surface area contributed by atoms with Gasteiger partial charge < -0.3 is 40.8 Å². The summed E-state index contributed by atoms with van der Waals surface area (Å²) in [7, 11) is 1.43. The third kappa shape index (κ3) is 6.87. The smallest absolute Gasteiger partial charge is 0.421 e. The number of cyclic esters (lactones) is 1. The monoisotopic (exact) mass is 787 g/mol. The molecular weight excluding hydrogens is 746 g/mol. The molecule has 15 nitrogen and oxygen atoms in total. The van der Waals surface area contributed by atoms with Crippen molar-refractivity contribution in [1.29, 1.82) is 0 Å². The quantitative estimate of drug-likeness (QED) is 0.0986. The van der Waals surface area contributed by atoms with Gasteiger partial charge >= 0.3 is 18.1 Å². The minimum Gasteiger partial charge on any atom is -0.491 e. The van der Waals surface area contributed by atoms with Crippen molar-refractivity contribution in [1.82, 2.24) is 10.2 Å². The molecule has 6 N–H and O–H groups in total. The predicted octanol–water partition coefficient (Wildman–Crippen LogP) is 3.01. The van der Waals surface area contributed by atoms with Crippen LogP contribution < -0.4 is 26.4 Å². The van der Waals surface area contributed by atoms with E-state index in [-0.39, 0.29) is 50.0 Å². The van der Waals surface area contributed by atoms with E-state index in [2.05, 4.69) is 17.2 Å². The Morgan fingerprint density at radius 3 is 2.24 bits per heavy atom. The molecular formula is C43H41N5O10. The minimum absolute atomic E-state index is 0.0308. The number of nitrogens with two attached hydrogens (primary N) is 2. The fraction of sp³-hybridized carbons (Fsp3) is 0.279. The SMILES string of the molecule is COCCOC(=O)N1C(=O)[C@@]2(c3cc(C#CCNC(N)=O)ccc31)[C@H](C(N)=O)[C@H]1C(=O)O[C@H](c3ccccc3)[C@H](c3ccccc3)N1[C@@H]2c1ccccc1OCCO. The lowest BCUT2D eigenvalue weighted by Crippen LogP contribution is -2.55. The number of morpholine rings is 1. The highest BCUT2D eigenvalue weighted by atomic mass is 16.6. The van der Waals surface area contributed by atoms with E-state index in [0.717, 1.165) is 4.90 Å². The first-order valence-corrected chi connectivity index (χ1v) is 18.5. The van der Waals surface area contributed by atoms with E-state index in [4.69, 9.17) is 30.4 Å². The van der Waals surface area contributed by atoms with Crippen molar-refractivity contribution in [3.05, 3.63) is 131 Å². The number of benzene rings is 4. The van der Waals surface area contributed by atoms with Gasteiger partial charge in [-0.05, 0) is 41.0 Å². The number of carbonyl (C=O) groups is 5. The number of carbonyl (C=O) groups excluding carboxylic acids is 5. The number of anilines is 1. The van der Waals surface area contributed by atoms with Crippen LogP contribution >= 0.6 is 0 Å². The Labute approximate surface area is 333 Å².